The molecule has 2 aromatic carbocycles. The molecule has 1 heterocycles. The number of H-pyrrole nitrogens is 1. The molecular weight excluding hydrogens is 390 g/mol. The Hall–Kier alpha value is -2.89. The summed E-state index contributed by atoms with van der Waals surface area (Å²) in [6.45, 7) is 0. The normalized spacial score (nSPS) is 11.9. The number of nitrogens with zero attached hydrogens (tertiary/aromatic N) is 2. The van der Waals surface area contributed by atoms with Crippen LogP contribution in [-0.4, -0.2) is 33.3 Å². The van der Waals surface area contributed by atoms with Crippen LogP contribution in [0.4, 0.5) is 22.9 Å². The van der Waals surface area contributed by atoms with Crippen molar-refractivity contribution in [2.24, 2.45) is 5.14 Å². The Morgan fingerprint density at radius 2 is 1.70 bits per heavy atom. The monoisotopic (exact) mass is 407 g/mol. The van der Waals surface area contributed by atoms with E-state index in [0.29, 0.717) is 22.9 Å². The second-order valence-electron chi connectivity index (χ2n) is 5.74. The number of nitrogens with one attached hydrogen (secondary N) is 2. The van der Waals surface area contributed by atoms with Crippen molar-refractivity contribution in [3.63, 3.8) is 0 Å². The van der Waals surface area contributed by atoms with Crippen molar-refractivity contribution < 1.29 is 16.8 Å². The van der Waals surface area contributed by atoms with Crippen LogP contribution >= 0.6 is 0 Å². The van der Waals surface area contributed by atoms with E-state index in [1.165, 1.54) is 12.1 Å². The van der Waals surface area contributed by atoms with Crippen LogP contribution in [0.5, 0.6) is 0 Å². The Balaban J connectivity index is 2.07. The van der Waals surface area contributed by atoms with Gasteiger partial charge < -0.3 is 0 Å². The van der Waals surface area contributed by atoms with Gasteiger partial charge in [0.15, 0.2) is 0 Å². The van der Waals surface area contributed by atoms with E-state index >= 15 is 0 Å². The number of rotatable bonds is 6. The molecule has 0 saturated heterocycles. The number of benzene rings is 2. The topological polar surface area (TPSA) is 138 Å². The Morgan fingerprint density at radius 3 is 2.26 bits per heavy atom. The molecule has 0 fully saturated rings. The van der Waals surface area contributed by atoms with Crippen molar-refractivity contribution in [1.29, 1.82) is 0 Å². The Kier molecular flexibility index (Phi) is 4.91. The molecule has 1 aromatic heterocycles. The van der Waals surface area contributed by atoms with Crippen LogP contribution in [0.1, 0.15) is 0 Å². The number of aromatic amines is 1. The third-order valence-electron chi connectivity index (χ3n) is 3.56. The predicted octanol–water partition coefficient (Wildman–Crippen LogP) is 1.90. The van der Waals surface area contributed by atoms with Crippen LogP contribution in [0, 0.1) is 0 Å². The minimum Gasteiger partial charge on any atom is -0.295 e. The highest BCUT2D eigenvalue weighted by molar-refractivity contribution is 7.92. The summed E-state index contributed by atoms with van der Waals surface area (Å²) in [4.78, 5) is 1.75. The quantitative estimate of drug-likeness (QED) is 0.570. The summed E-state index contributed by atoms with van der Waals surface area (Å²) in [5.41, 5.74) is 1.65. The van der Waals surface area contributed by atoms with E-state index in [0.717, 1.165) is 6.26 Å². The van der Waals surface area contributed by atoms with Gasteiger partial charge in [-0.15, -0.1) is 0 Å². The van der Waals surface area contributed by atoms with Crippen LogP contribution in [0.2, 0.25) is 0 Å². The molecule has 27 heavy (non-hydrogen) atoms. The second kappa shape index (κ2) is 7.02. The first-order valence-electron chi connectivity index (χ1n) is 7.64. The molecular formula is C16H17N5O4S2. The zero-order chi connectivity index (χ0) is 19.7. The number of hydrogen-bond acceptors (Lipinski definition) is 6. The van der Waals surface area contributed by atoms with Gasteiger partial charge in [0.1, 0.15) is 5.82 Å². The Morgan fingerprint density at radius 1 is 1.00 bits per heavy atom. The maximum Gasteiger partial charge on any atom is 0.238 e. The molecule has 9 nitrogen and oxygen atoms in total. The number of aromatic nitrogens is 2. The molecule has 3 aromatic rings. The lowest BCUT2D eigenvalue weighted by Crippen LogP contribution is -2.14. The summed E-state index contributed by atoms with van der Waals surface area (Å²) in [6.07, 6.45) is 2.64. The third kappa shape index (κ3) is 4.64. The van der Waals surface area contributed by atoms with Gasteiger partial charge in [0.05, 0.1) is 23.0 Å². The van der Waals surface area contributed by atoms with Crippen LogP contribution in [-0.2, 0) is 20.0 Å². The van der Waals surface area contributed by atoms with Gasteiger partial charge in [0.2, 0.25) is 20.0 Å². The lowest BCUT2D eigenvalue weighted by Gasteiger charge is -2.24. The van der Waals surface area contributed by atoms with E-state index in [9.17, 15) is 16.8 Å². The van der Waals surface area contributed by atoms with E-state index in [-0.39, 0.29) is 4.90 Å². The molecule has 3 rings (SSSR count). The van der Waals surface area contributed by atoms with Crippen molar-refractivity contribution in [3.8, 4) is 0 Å². The van der Waals surface area contributed by atoms with Crippen LogP contribution in [0.3, 0.4) is 0 Å². The highest BCUT2D eigenvalue weighted by Gasteiger charge is 2.16. The molecule has 11 heteroatoms. The number of nitrogens with two attached hydrogens (primary N) is 1. The van der Waals surface area contributed by atoms with E-state index in [4.69, 9.17) is 5.14 Å². The second-order valence-corrected chi connectivity index (χ2v) is 9.05. The largest absolute Gasteiger partial charge is 0.295 e. The summed E-state index contributed by atoms with van der Waals surface area (Å²) >= 11 is 0. The fraction of sp³-hybridized carbons (Fsp3) is 0.0625. The molecule has 142 valence electrons. The van der Waals surface area contributed by atoms with Crippen molar-refractivity contribution in [2.45, 2.75) is 4.90 Å². The number of sulfonamides is 2. The zero-order valence-electron chi connectivity index (χ0n) is 14.2. The van der Waals surface area contributed by atoms with E-state index in [1.807, 2.05) is 0 Å². The first kappa shape index (κ1) is 18.9. The highest BCUT2D eigenvalue weighted by Crippen LogP contribution is 2.34. The lowest BCUT2D eigenvalue weighted by molar-refractivity contribution is 0.597. The van der Waals surface area contributed by atoms with Gasteiger partial charge in [0.25, 0.3) is 0 Å². The minimum atomic E-state index is -3.81. The summed E-state index contributed by atoms with van der Waals surface area (Å²) in [6, 6.07) is 14.5. The maximum absolute atomic E-state index is 11.5. The van der Waals surface area contributed by atoms with Gasteiger partial charge in [-0.1, -0.05) is 6.07 Å². The van der Waals surface area contributed by atoms with E-state index in [2.05, 4.69) is 14.9 Å². The molecule has 0 saturated carbocycles. The lowest BCUT2D eigenvalue weighted by atomic mass is 10.2. The standard InChI is InChI=1S/C16H17N5O4S2/c1-26(22,23)20-12-3-2-4-14(11-12)21(16-9-10-18-19-16)13-5-7-15(8-6-13)27(17,24)25/h2-11,20H,1H3,(H,18,19)(H2,17,24,25). The fourth-order valence-electron chi connectivity index (χ4n) is 2.51. The smallest absolute Gasteiger partial charge is 0.238 e. The highest BCUT2D eigenvalue weighted by atomic mass is 32.2. The summed E-state index contributed by atoms with van der Waals surface area (Å²) in [7, 11) is -7.24. The van der Waals surface area contributed by atoms with Crippen molar-refractivity contribution >= 4 is 42.9 Å². The van der Waals surface area contributed by atoms with Crippen molar-refractivity contribution in [1.82, 2.24) is 10.2 Å². The van der Waals surface area contributed by atoms with Crippen LogP contribution in [0.15, 0.2) is 65.7 Å². The Bertz CT molecular complexity index is 1140. The van der Waals surface area contributed by atoms with E-state index in [1.54, 1.807) is 53.6 Å². The summed E-state index contributed by atoms with van der Waals surface area (Å²) in [5.74, 6) is 0.606. The summed E-state index contributed by atoms with van der Waals surface area (Å²) in [5, 5.41) is 11.9. The molecule has 0 radical (unpaired) electrons. The molecule has 0 amide bonds. The maximum atomic E-state index is 11.5. The van der Waals surface area contributed by atoms with Crippen molar-refractivity contribution in [2.75, 3.05) is 15.9 Å². The van der Waals surface area contributed by atoms with Gasteiger partial charge in [0, 0.05) is 17.4 Å². The van der Waals surface area contributed by atoms with Gasteiger partial charge in [-0.2, -0.15) is 5.10 Å². The molecule has 0 aliphatic carbocycles. The van der Waals surface area contributed by atoms with Crippen molar-refractivity contribution in [3.05, 3.63) is 60.8 Å². The summed E-state index contributed by atoms with van der Waals surface area (Å²) < 4.78 is 48.4. The first-order valence-corrected chi connectivity index (χ1v) is 11.1. The average molecular weight is 407 g/mol. The molecule has 0 spiro atoms. The van der Waals surface area contributed by atoms with Gasteiger partial charge >= 0.3 is 0 Å². The Labute approximate surface area is 156 Å². The minimum absolute atomic E-state index is 0.0108. The average Bonchev–Trinajstić information content (AvgIpc) is 3.08. The third-order valence-corrected chi connectivity index (χ3v) is 5.09. The zero-order valence-corrected chi connectivity index (χ0v) is 15.8. The molecule has 0 bridgehead atoms. The first-order chi connectivity index (χ1) is 12.6. The van der Waals surface area contributed by atoms with Crippen LogP contribution in [0.25, 0.3) is 0 Å². The number of primary sulfonamides is 1. The SMILES string of the molecule is CS(=O)(=O)Nc1cccc(N(c2ccc(S(N)(=O)=O)cc2)c2ccn[nH]2)c1. The molecule has 0 unspecified atom stereocenters. The van der Waals surface area contributed by atoms with Gasteiger partial charge in [-0.25, -0.2) is 22.0 Å². The molecule has 0 aliphatic heterocycles. The molecule has 0 atom stereocenters. The van der Waals surface area contributed by atoms with Crippen LogP contribution < -0.4 is 14.8 Å². The number of hydrogen-bond donors (Lipinski definition) is 3. The molecule has 0 aliphatic rings. The fourth-order valence-corrected chi connectivity index (χ4v) is 3.58. The van der Waals surface area contributed by atoms with Gasteiger partial charge in [-0.3, -0.25) is 14.7 Å². The van der Waals surface area contributed by atoms with E-state index < -0.39 is 20.0 Å². The predicted molar refractivity (Wildman–Crippen MR) is 103 cm³/mol. The number of anilines is 4. The molecule has 4 N–H and O–H groups in total. The van der Waals surface area contributed by atoms with Gasteiger partial charge in [-0.05, 0) is 42.5 Å².